The average molecular weight is 324 g/mol. The highest BCUT2D eigenvalue weighted by Gasteiger charge is 2.11. The molecular formula is C14H11Cl2N3O2. The Morgan fingerprint density at radius 2 is 1.48 bits per heavy atom. The van der Waals surface area contributed by atoms with Crippen molar-refractivity contribution in [3.63, 3.8) is 0 Å². The molecule has 0 atom stereocenters. The summed E-state index contributed by atoms with van der Waals surface area (Å²) in [6.45, 7) is 0. The zero-order chi connectivity index (χ0) is 15.4. The average Bonchev–Trinajstić information content (AvgIpc) is 2.43. The van der Waals surface area contributed by atoms with Crippen LogP contribution >= 0.6 is 23.2 Å². The van der Waals surface area contributed by atoms with Gasteiger partial charge in [0, 0.05) is 16.4 Å². The zero-order valence-electron chi connectivity index (χ0n) is 10.7. The Hall–Kier alpha value is -2.24. The molecule has 2 aromatic rings. The Labute approximate surface area is 131 Å². The minimum atomic E-state index is -0.655. The predicted octanol–water partition coefficient (Wildman–Crippen LogP) is 3.74. The molecule has 0 fully saturated rings. The maximum atomic E-state index is 12.1. The summed E-state index contributed by atoms with van der Waals surface area (Å²) < 4.78 is 0. The molecule has 21 heavy (non-hydrogen) atoms. The third kappa shape index (κ3) is 4.11. The van der Waals surface area contributed by atoms with Gasteiger partial charge in [-0.05, 0) is 42.5 Å². The van der Waals surface area contributed by atoms with E-state index in [-0.39, 0.29) is 11.5 Å². The Balaban J connectivity index is 2.12. The lowest BCUT2D eigenvalue weighted by molar-refractivity contribution is 0.102. The van der Waals surface area contributed by atoms with Crippen molar-refractivity contribution in [3.8, 4) is 0 Å². The molecule has 0 aliphatic rings. The summed E-state index contributed by atoms with van der Waals surface area (Å²) >= 11 is 11.8. The van der Waals surface area contributed by atoms with Crippen LogP contribution in [0.25, 0.3) is 0 Å². The van der Waals surface area contributed by atoms with Gasteiger partial charge in [-0.25, -0.2) is 4.79 Å². The fraction of sp³-hybridized carbons (Fsp3) is 0. The molecule has 4 N–H and O–H groups in total. The smallest absolute Gasteiger partial charge is 0.316 e. The summed E-state index contributed by atoms with van der Waals surface area (Å²) in [5.41, 5.74) is 6.36. The van der Waals surface area contributed by atoms with Crippen molar-refractivity contribution in [1.82, 2.24) is 0 Å². The molecule has 2 rings (SSSR count). The lowest BCUT2D eigenvalue weighted by Crippen LogP contribution is -2.19. The van der Waals surface area contributed by atoms with Gasteiger partial charge < -0.3 is 16.4 Å². The van der Waals surface area contributed by atoms with Crippen molar-refractivity contribution in [3.05, 3.63) is 58.1 Å². The number of carbonyl (C=O) groups is 2. The first-order chi connectivity index (χ1) is 9.95. The number of nitrogens with one attached hydrogen (secondary N) is 2. The Bertz CT molecular complexity index is 687. The van der Waals surface area contributed by atoms with Gasteiger partial charge in [-0.2, -0.15) is 0 Å². The molecule has 7 heteroatoms. The molecule has 0 aliphatic heterocycles. The van der Waals surface area contributed by atoms with Gasteiger partial charge in [0.15, 0.2) is 0 Å². The highest BCUT2D eigenvalue weighted by atomic mass is 35.5. The highest BCUT2D eigenvalue weighted by molar-refractivity contribution is 6.36. The van der Waals surface area contributed by atoms with E-state index in [0.717, 1.165) is 0 Å². The van der Waals surface area contributed by atoms with E-state index >= 15 is 0 Å². The summed E-state index contributed by atoms with van der Waals surface area (Å²) in [5.74, 6) is -0.377. The number of rotatable bonds is 3. The summed E-state index contributed by atoms with van der Waals surface area (Å²) in [4.78, 5) is 22.8. The van der Waals surface area contributed by atoms with Crippen molar-refractivity contribution >= 4 is 46.5 Å². The van der Waals surface area contributed by atoms with Gasteiger partial charge in [0.2, 0.25) is 0 Å². The van der Waals surface area contributed by atoms with Gasteiger partial charge in [0.1, 0.15) is 0 Å². The first-order valence-electron chi connectivity index (χ1n) is 5.88. The van der Waals surface area contributed by atoms with Gasteiger partial charge >= 0.3 is 6.03 Å². The number of hydrogen-bond acceptors (Lipinski definition) is 2. The van der Waals surface area contributed by atoms with Crippen LogP contribution in [0.15, 0.2) is 42.5 Å². The number of amides is 3. The van der Waals surface area contributed by atoms with Crippen LogP contribution in [-0.4, -0.2) is 11.9 Å². The second-order valence-corrected chi connectivity index (χ2v) is 4.99. The van der Waals surface area contributed by atoms with Crippen LogP contribution in [0.1, 0.15) is 10.4 Å². The minimum absolute atomic E-state index is 0.281. The van der Waals surface area contributed by atoms with Gasteiger partial charge in [-0.15, -0.1) is 0 Å². The second kappa shape index (κ2) is 6.47. The molecule has 0 aliphatic carbocycles. The fourth-order valence-electron chi connectivity index (χ4n) is 1.65. The van der Waals surface area contributed by atoms with Crippen LogP contribution in [0.4, 0.5) is 16.2 Å². The molecule has 0 saturated carbocycles. The summed E-state index contributed by atoms with van der Waals surface area (Å²) in [6, 6.07) is 10.5. The maximum absolute atomic E-state index is 12.1. The van der Waals surface area contributed by atoms with Gasteiger partial charge in [-0.1, -0.05) is 23.2 Å². The molecule has 0 bridgehead atoms. The van der Waals surface area contributed by atoms with Crippen molar-refractivity contribution in [2.24, 2.45) is 5.73 Å². The Kier molecular flexibility index (Phi) is 4.67. The molecule has 0 saturated heterocycles. The number of halogens is 2. The molecule has 2 aromatic carbocycles. The number of anilines is 2. The van der Waals surface area contributed by atoms with Gasteiger partial charge in [0.25, 0.3) is 5.91 Å². The molecule has 0 unspecified atom stereocenters. The van der Waals surface area contributed by atoms with E-state index in [1.807, 2.05) is 0 Å². The molecule has 0 spiro atoms. The van der Waals surface area contributed by atoms with Crippen molar-refractivity contribution in [1.29, 1.82) is 0 Å². The largest absolute Gasteiger partial charge is 0.351 e. The van der Waals surface area contributed by atoms with E-state index in [4.69, 9.17) is 28.9 Å². The lowest BCUT2D eigenvalue weighted by atomic mass is 10.2. The van der Waals surface area contributed by atoms with E-state index < -0.39 is 6.03 Å². The van der Waals surface area contributed by atoms with Crippen LogP contribution in [0.3, 0.4) is 0 Å². The third-order valence-corrected chi connectivity index (χ3v) is 3.15. The number of carbonyl (C=O) groups excluding carboxylic acids is 2. The van der Waals surface area contributed by atoms with Crippen LogP contribution in [-0.2, 0) is 0 Å². The number of primary amides is 1. The summed E-state index contributed by atoms with van der Waals surface area (Å²) in [5, 5.41) is 5.83. The molecule has 3 amide bonds. The molecule has 5 nitrogen and oxygen atoms in total. The minimum Gasteiger partial charge on any atom is -0.351 e. The Morgan fingerprint density at radius 1 is 0.905 bits per heavy atom. The summed E-state index contributed by atoms with van der Waals surface area (Å²) in [6.07, 6.45) is 0. The zero-order valence-corrected chi connectivity index (χ0v) is 12.2. The standard InChI is InChI=1S/C14H11Cl2N3O2/c15-8-1-6-12(16)11(7-8)13(20)18-9-2-4-10(5-3-9)19-14(17)21/h1-7H,(H,18,20)(H3,17,19,21). The second-order valence-electron chi connectivity index (χ2n) is 4.14. The number of benzene rings is 2. The first kappa shape index (κ1) is 15.2. The number of hydrogen-bond donors (Lipinski definition) is 3. The fourth-order valence-corrected chi connectivity index (χ4v) is 2.02. The maximum Gasteiger partial charge on any atom is 0.316 e. The third-order valence-electron chi connectivity index (χ3n) is 2.58. The SMILES string of the molecule is NC(=O)Nc1ccc(NC(=O)c2cc(Cl)ccc2Cl)cc1. The van der Waals surface area contributed by atoms with Crippen molar-refractivity contribution in [2.45, 2.75) is 0 Å². The molecular weight excluding hydrogens is 313 g/mol. The first-order valence-corrected chi connectivity index (χ1v) is 6.64. The van der Waals surface area contributed by atoms with Crippen LogP contribution in [0.2, 0.25) is 10.0 Å². The molecule has 0 aromatic heterocycles. The van der Waals surface area contributed by atoms with Crippen LogP contribution < -0.4 is 16.4 Å². The van der Waals surface area contributed by atoms with E-state index in [0.29, 0.717) is 21.4 Å². The van der Waals surface area contributed by atoms with E-state index in [1.165, 1.54) is 6.07 Å². The summed E-state index contributed by atoms with van der Waals surface area (Å²) in [7, 11) is 0. The quantitative estimate of drug-likeness (QED) is 0.803. The van der Waals surface area contributed by atoms with E-state index in [1.54, 1.807) is 36.4 Å². The van der Waals surface area contributed by atoms with Crippen molar-refractivity contribution in [2.75, 3.05) is 10.6 Å². The van der Waals surface area contributed by atoms with Crippen molar-refractivity contribution < 1.29 is 9.59 Å². The Morgan fingerprint density at radius 3 is 2.05 bits per heavy atom. The number of urea groups is 1. The van der Waals surface area contributed by atoms with E-state index in [9.17, 15) is 9.59 Å². The molecule has 108 valence electrons. The van der Waals surface area contributed by atoms with Gasteiger partial charge in [-0.3, -0.25) is 4.79 Å². The van der Waals surface area contributed by atoms with Gasteiger partial charge in [0.05, 0.1) is 10.6 Å². The molecule has 0 radical (unpaired) electrons. The monoisotopic (exact) mass is 323 g/mol. The van der Waals surface area contributed by atoms with Crippen LogP contribution in [0.5, 0.6) is 0 Å². The highest BCUT2D eigenvalue weighted by Crippen LogP contribution is 2.22. The lowest BCUT2D eigenvalue weighted by Gasteiger charge is -2.08. The van der Waals surface area contributed by atoms with Crippen LogP contribution in [0, 0.1) is 0 Å². The number of nitrogens with two attached hydrogens (primary N) is 1. The topological polar surface area (TPSA) is 84.2 Å². The van der Waals surface area contributed by atoms with E-state index in [2.05, 4.69) is 10.6 Å². The molecule has 0 heterocycles. The predicted molar refractivity (Wildman–Crippen MR) is 84.1 cm³/mol. The normalized spacial score (nSPS) is 10.0.